The lowest BCUT2D eigenvalue weighted by Crippen LogP contribution is -2.47. The number of primary amides is 1. The van der Waals surface area contributed by atoms with E-state index >= 15 is 0 Å². The summed E-state index contributed by atoms with van der Waals surface area (Å²) in [7, 11) is 0.996. The van der Waals surface area contributed by atoms with E-state index in [1.165, 1.54) is 6.07 Å². The van der Waals surface area contributed by atoms with E-state index in [0.717, 1.165) is 39.3 Å². The summed E-state index contributed by atoms with van der Waals surface area (Å²) in [5, 5.41) is 1.64. The van der Waals surface area contributed by atoms with Crippen LogP contribution in [0.2, 0.25) is 5.02 Å². The Balaban J connectivity index is 2.12. The molecule has 3 N–H and O–H groups in total. The number of nitrogens with zero attached hydrogens (tertiary/aromatic N) is 1. The molecule has 1 fully saturated rings. The second-order valence-electron chi connectivity index (χ2n) is 7.85. The maximum atomic E-state index is 14.5. The van der Waals surface area contributed by atoms with E-state index in [1.807, 2.05) is 0 Å². The van der Waals surface area contributed by atoms with E-state index in [1.54, 1.807) is 0 Å². The topological polar surface area (TPSA) is 104 Å². The number of amides is 2. The van der Waals surface area contributed by atoms with Crippen molar-refractivity contribution in [3.05, 3.63) is 52.3 Å². The third-order valence-electron chi connectivity index (χ3n) is 5.92. The number of methoxy groups -OCH3 is 1. The molecule has 0 spiro atoms. The van der Waals surface area contributed by atoms with Crippen LogP contribution in [0.15, 0.2) is 24.4 Å². The molecule has 1 aromatic heterocycles. The molecule has 0 aliphatic carbocycles. The van der Waals surface area contributed by atoms with Gasteiger partial charge in [0.2, 0.25) is 5.82 Å². The summed E-state index contributed by atoms with van der Waals surface area (Å²) in [4.78, 5) is 28.1. The molecule has 2 amide bonds. The van der Waals surface area contributed by atoms with Crippen molar-refractivity contribution in [2.75, 3.05) is 12.4 Å². The van der Waals surface area contributed by atoms with Crippen LogP contribution in [-0.2, 0) is 9.53 Å². The number of aromatic nitrogens is 1. The summed E-state index contributed by atoms with van der Waals surface area (Å²) in [5.74, 6) is -8.53. The smallest absolute Gasteiger partial charge is 0.417 e. The van der Waals surface area contributed by atoms with Crippen molar-refractivity contribution in [3.63, 3.8) is 0 Å². The standard InChI is InChI=1S/C21H19ClF5N3O4/c1-8-13(10-7-11(22)14(23)15(24)16(10)33-3)17(34-20(8,2)21(25,26)27)19(32)30-9-4-5-29-12(6-9)18(28)31/h4-8,13,17H,1-3H3,(H2,28,31)(H,29,30,32)/t8-,13-,17+,20-/m1/s1. The molecule has 13 heteroatoms. The number of alkyl halides is 3. The van der Waals surface area contributed by atoms with Gasteiger partial charge < -0.3 is 20.5 Å². The Bertz CT molecular complexity index is 1150. The highest BCUT2D eigenvalue weighted by molar-refractivity contribution is 6.30. The normalized spacial score (nSPS) is 24.7. The van der Waals surface area contributed by atoms with Gasteiger partial charge in [0, 0.05) is 29.3 Å². The van der Waals surface area contributed by atoms with Crippen LogP contribution in [0.1, 0.15) is 35.8 Å². The Morgan fingerprint density at radius 3 is 2.47 bits per heavy atom. The van der Waals surface area contributed by atoms with E-state index < -0.39 is 63.9 Å². The number of anilines is 1. The molecule has 0 radical (unpaired) electrons. The molecule has 1 aliphatic rings. The molecule has 7 nitrogen and oxygen atoms in total. The minimum absolute atomic E-state index is 0.000279. The third kappa shape index (κ3) is 4.27. The highest BCUT2D eigenvalue weighted by atomic mass is 35.5. The fourth-order valence-electron chi connectivity index (χ4n) is 3.93. The summed E-state index contributed by atoms with van der Waals surface area (Å²) < 4.78 is 80.7. The SMILES string of the molecule is COc1c([C@@H]2[C@@H](C(=O)Nc3ccnc(C(N)=O)c3)O[C@@](C)(C(F)(F)F)[C@@H]2C)cc(Cl)c(F)c1F. The third-order valence-corrected chi connectivity index (χ3v) is 6.19. The summed E-state index contributed by atoms with van der Waals surface area (Å²) in [6, 6.07) is 3.30. The summed E-state index contributed by atoms with van der Waals surface area (Å²) in [6.07, 6.45) is -5.60. The van der Waals surface area contributed by atoms with Crippen molar-refractivity contribution >= 4 is 29.1 Å². The first-order chi connectivity index (χ1) is 15.7. The number of ether oxygens (including phenoxy) is 2. The van der Waals surface area contributed by atoms with Crippen molar-refractivity contribution in [2.24, 2.45) is 11.7 Å². The summed E-state index contributed by atoms with van der Waals surface area (Å²) >= 11 is 5.75. The van der Waals surface area contributed by atoms with Gasteiger partial charge in [0.15, 0.2) is 17.2 Å². The van der Waals surface area contributed by atoms with Crippen LogP contribution in [0.25, 0.3) is 0 Å². The molecule has 1 aromatic carbocycles. The molecule has 2 aromatic rings. The van der Waals surface area contributed by atoms with Gasteiger partial charge in [-0.2, -0.15) is 17.6 Å². The van der Waals surface area contributed by atoms with Crippen molar-refractivity contribution in [2.45, 2.75) is 37.6 Å². The van der Waals surface area contributed by atoms with Gasteiger partial charge >= 0.3 is 6.18 Å². The Morgan fingerprint density at radius 1 is 1.26 bits per heavy atom. The molecular weight excluding hydrogens is 489 g/mol. The lowest BCUT2D eigenvalue weighted by molar-refractivity contribution is -0.272. The largest absolute Gasteiger partial charge is 0.493 e. The molecule has 2 heterocycles. The van der Waals surface area contributed by atoms with Crippen molar-refractivity contribution in [1.29, 1.82) is 0 Å². The monoisotopic (exact) mass is 507 g/mol. The van der Waals surface area contributed by atoms with Gasteiger partial charge in [-0.3, -0.25) is 14.6 Å². The number of pyridine rings is 1. The first kappa shape index (κ1) is 25.6. The Kier molecular flexibility index (Phi) is 6.78. The maximum absolute atomic E-state index is 14.5. The van der Waals surface area contributed by atoms with Crippen LogP contribution in [0.4, 0.5) is 27.6 Å². The average molecular weight is 508 g/mol. The molecule has 1 saturated heterocycles. The van der Waals surface area contributed by atoms with E-state index in [2.05, 4.69) is 10.3 Å². The van der Waals surface area contributed by atoms with E-state index in [4.69, 9.17) is 26.8 Å². The molecule has 1 aliphatic heterocycles. The molecule has 4 atom stereocenters. The van der Waals surface area contributed by atoms with Crippen LogP contribution < -0.4 is 15.8 Å². The minimum Gasteiger partial charge on any atom is -0.493 e. The zero-order valence-corrected chi connectivity index (χ0v) is 18.7. The highest BCUT2D eigenvalue weighted by Gasteiger charge is 2.66. The number of benzene rings is 1. The lowest BCUT2D eigenvalue weighted by Gasteiger charge is -2.32. The minimum atomic E-state index is -4.93. The van der Waals surface area contributed by atoms with Crippen LogP contribution in [0.5, 0.6) is 5.75 Å². The van der Waals surface area contributed by atoms with Crippen molar-refractivity contribution in [3.8, 4) is 5.75 Å². The zero-order valence-electron chi connectivity index (χ0n) is 18.0. The molecule has 0 bridgehead atoms. The summed E-state index contributed by atoms with van der Waals surface area (Å²) in [6.45, 7) is 1.92. The number of hydrogen-bond donors (Lipinski definition) is 2. The van der Waals surface area contributed by atoms with Crippen LogP contribution in [0.3, 0.4) is 0 Å². The summed E-state index contributed by atoms with van der Waals surface area (Å²) in [5.41, 5.74) is 1.83. The van der Waals surface area contributed by atoms with Gasteiger partial charge in [-0.1, -0.05) is 18.5 Å². The predicted octanol–water partition coefficient (Wildman–Crippen LogP) is 4.20. The van der Waals surface area contributed by atoms with Gasteiger partial charge in [0.1, 0.15) is 11.8 Å². The molecule has 0 unspecified atom stereocenters. The quantitative estimate of drug-likeness (QED) is 0.466. The lowest BCUT2D eigenvalue weighted by atomic mass is 9.77. The number of halogens is 6. The number of nitrogens with two attached hydrogens (primary N) is 1. The number of carbonyl (C=O) groups excluding carboxylic acids is 2. The fraction of sp³-hybridized carbons (Fsp3) is 0.381. The zero-order chi connectivity index (χ0) is 25.6. The Morgan fingerprint density at radius 2 is 1.91 bits per heavy atom. The first-order valence-electron chi connectivity index (χ1n) is 9.75. The molecule has 184 valence electrons. The van der Waals surface area contributed by atoms with Crippen LogP contribution in [-0.4, -0.2) is 41.8 Å². The van der Waals surface area contributed by atoms with Gasteiger partial charge in [0.05, 0.1) is 12.1 Å². The molecule has 0 saturated carbocycles. The van der Waals surface area contributed by atoms with Gasteiger partial charge in [0.25, 0.3) is 11.8 Å². The fourth-order valence-corrected chi connectivity index (χ4v) is 4.13. The van der Waals surface area contributed by atoms with Crippen LogP contribution in [0, 0.1) is 17.6 Å². The second-order valence-corrected chi connectivity index (χ2v) is 8.26. The predicted molar refractivity (Wildman–Crippen MR) is 111 cm³/mol. The molecular formula is C21H19ClF5N3O4. The Labute approximate surface area is 195 Å². The number of nitrogens with one attached hydrogen (secondary N) is 1. The van der Waals surface area contributed by atoms with E-state index in [9.17, 15) is 31.5 Å². The Hall–Kier alpha value is -2.99. The van der Waals surface area contributed by atoms with E-state index in [-0.39, 0.29) is 16.9 Å². The van der Waals surface area contributed by atoms with Crippen molar-refractivity contribution < 1.29 is 41.0 Å². The second kappa shape index (κ2) is 8.99. The average Bonchev–Trinajstić information content (AvgIpc) is 3.04. The number of carbonyl (C=O) groups is 2. The molecule has 34 heavy (non-hydrogen) atoms. The van der Waals surface area contributed by atoms with Gasteiger partial charge in [-0.05, 0) is 25.1 Å². The highest BCUT2D eigenvalue weighted by Crippen LogP contribution is 2.55. The first-order valence-corrected chi connectivity index (χ1v) is 10.1. The number of rotatable bonds is 5. The van der Waals surface area contributed by atoms with E-state index in [0.29, 0.717) is 0 Å². The number of hydrogen-bond acceptors (Lipinski definition) is 5. The van der Waals surface area contributed by atoms with Crippen LogP contribution >= 0.6 is 11.6 Å². The van der Waals surface area contributed by atoms with Gasteiger partial charge in [-0.25, -0.2) is 4.39 Å². The maximum Gasteiger partial charge on any atom is 0.417 e. The van der Waals surface area contributed by atoms with Crippen molar-refractivity contribution in [1.82, 2.24) is 4.98 Å². The van der Waals surface area contributed by atoms with Gasteiger partial charge in [-0.15, -0.1) is 0 Å². The molecule has 3 rings (SSSR count).